The number of nitrogens with one attached hydrogen (secondary N) is 1. The Balaban J connectivity index is 1.52. The molecule has 22 heavy (non-hydrogen) atoms. The summed E-state index contributed by atoms with van der Waals surface area (Å²) >= 11 is 1.67. The van der Waals surface area contributed by atoms with E-state index in [9.17, 15) is 9.59 Å². The molecule has 2 saturated heterocycles. The Morgan fingerprint density at radius 3 is 2.91 bits per heavy atom. The number of piperidine rings is 1. The van der Waals surface area contributed by atoms with Crippen LogP contribution in [0.1, 0.15) is 52.2 Å². The molecule has 1 atom stereocenters. The largest absolute Gasteiger partial charge is 0.356 e. The third kappa shape index (κ3) is 2.26. The highest BCUT2D eigenvalue weighted by Gasteiger charge is 2.47. The van der Waals surface area contributed by atoms with Crippen molar-refractivity contribution in [3.8, 4) is 0 Å². The van der Waals surface area contributed by atoms with E-state index in [1.165, 1.54) is 23.3 Å². The van der Waals surface area contributed by atoms with E-state index >= 15 is 0 Å². The number of carbonyl (C=O) groups excluding carboxylic acids is 2. The average molecular weight is 318 g/mol. The standard InChI is InChI=1S/C17H22N2O2S/c20-15(14-10-12-4-1-2-5-13(12)22-14)19-9-7-17(11-19)6-3-8-18-16(17)21/h10H,1-9,11H2,(H,18,21). The average Bonchev–Trinajstić information content (AvgIpc) is 3.15. The van der Waals surface area contributed by atoms with Crippen molar-refractivity contribution < 1.29 is 9.59 Å². The first-order valence-electron chi connectivity index (χ1n) is 8.37. The van der Waals surface area contributed by atoms with Crippen molar-refractivity contribution in [2.24, 2.45) is 5.41 Å². The lowest BCUT2D eigenvalue weighted by molar-refractivity contribution is -0.132. The molecule has 3 aliphatic rings. The predicted molar refractivity (Wildman–Crippen MR) is 86.2 cm³/mol. The number of aryl methyl sites for hydroxylation is 2. The molecule has 2 fully saturated rings. The molecule has 1 unspecified atom stereocenters. The summed E-state index contributed by atoms with van der Waals surface area (Å²) in [7, 11) is 0. The molecule has 0 radical (unpaired) electrons. The topological polar surface area (TPSA) is 49.4 Å². The van der Waals surface area contributed by atoms with Gasteiger partial charge >= 0.3 is 0 Å². The fourth-order valence-electron chi connectivity index (χ4n) is 4.12. The van der Waals surface area contributed by atoms with Gasteiger partial charge < -0.3 is 10.2 Å². The monoisotopic (exact) mass is 318 g/mol. The van der Waals surface area contributed by atoms with Crippen LogP contribution in [0, 0.1) is 5.41 Å². The minimum absolute atomic E-state index is 0.134. The number of thiophene rings is 1. The van der Waals surface area contributed by atoms with Gasteiger partial charge in [-0.25, -0.2) is 0 Å². The maximum Gasteiger partial charge on any atom is 0.263 e. The Morgan fingerprint density at radius 2 is 2.09 bits per heavy atom. The molecular formula is C17H22N2O2S. The lowest BCUT2D eigenvalue weighted by atomic mass is 9.79. The molecule has 3 heterocycles. The molecule has 4 rings (SSSR count). The Morgan fingerprint density at radius 1 is 1.23 bits per heavy atom. The fourth-order valence-corrected chi connectivity index (χ4v) is 5.34. The van der Waals surface area contributed by atoms with Crippen LogP contribution < -0.4 is 5.32 Å². The number of likely N-dealkylation sites (tertiary alicyclic amines) is 1. The van der Waals surface area contributed by atoms with Gasteiger partial charge in [0.2, 0.25) is 5.91 Å². The Hall–Kier alpha value is -1.36. The third-order valence-corrected chi connectivity index (χ3v) is 6.67. The quantitative estimate of drug-likeness (QED) is 0.864. The molecule has 1 spiro atoms. The van der Waals surface area contributed by atoms with Crippen LogP contribution in [-0.2, 0) is 17.6 Å². The second kappa shape index (κ2) is 5.37. The van der Waals surface area contributed by atoms with E-state index in [0.717, 1.165) is 50.1 Å². The molecule has 0 aromatic carbocycles. The first-order chi connectivity index (χ1) is 10.7. The molecule has 4 nitrogen and oxygen atoms in total. The number of nitrogens with zero attached hydrogens (tertiary/aromatic N) is 1. The van der Waals surface area contributed by atoms with Gasteiger partial charge in [-0.1, -0.05) is 0 Å². The van der Waals surface area contributed by atoms with Gasteiger partial charge in [0.25, 0.3) is 5.91 Å². The zero-order valence-corrected chi connectivity index (χ0v) is 13.6. The van der Waals surface area contributed by atoms with Crippen molar-refractivity contribution in [3.63, 3.8) is 0 Å². The van der Waals surface area contributed by atoms with Gasteiger partial charge in [0.15, 0.2) is 0 Å². The summed E-state index contributed by atoms with van der Waals surface area (Å²) in [6.45, 7) is 2.10. The van der Waals surface area contributed by atoms with Crippen LogP contribution in [0.3, 0.4) is 0 Å². The van der Waals surface area contributed by atoms with E-state index in [0.29, 0.717) is 6.54 Å². The van der Waals surface area contributed by atoms with E-state index in [2.05, 4.69) is 11.4 Å². The number of fused-ring (bicyclic) bond motifs is 1. The van der Waals surface area contributed by atoms with Crippen molar-refractivity contribution in [1.29, 1.82) is 0 Å². The Kier molecular flexibility index (Phi) is 3.48. The van der Waals surface area contributed by atoms with Gasteiger partial charge in [-0.05, 0) is 56.6 Å². The highest BCUT2D eigenvalue weighted by atomic mass is 32.1. The van der Waals surface area contributed by atoms with E-state index in [1.54, 1.807) is 11.3 Å². The van der Waals surface area contributed by atoms with Crippen LogP contribution >= 0.6 is 11.3 Å². The molecule has 2 aliphatic heterocycles. The van der Waals surface area contributed by atoms with Crippen LogP contribution in [0.5, 0.6) is 0 Å². The van der Waals surface area contributed by atoms with Gasteiger partial charge in [-0.2, -0.15) is 0 Å². The lowest BCUT2D eigenvalue weighted by Crippen LogP contribution is -2.47. The maximum absolute atomic E-state index is 12.8. The second-order valence-electron chi connectivity index (χ2n) is 6.88. The molecular weight excluding hydrogens is 296 g/mol. The summed E-state index contributed by atoms with van der Waals surface area (Å²) in [6, 6.07) is 2.10. The minimum atomic E-state index is -0.315. The first kappa shape index (κ1) is 14.2. The third-order valence-electron chi connectivity index (χ3n) is 5.45. The Labute approximate surface area is 134 Å². The molecule has 1 aliphatic carbocycles. The van der Waals surface area contributed by atoms with Crippen LogP contribution in [0.15, 0.2) is 6.07 Å². The first-order valence-corrected chi connectivity index (χ1v) is 9.19. The van der Waals surface area contributed by atoms with Gasteiger partial charge in [0.05, 0.1) is 10.3 Å². The molecule has 1 N–H and O–H groups in total. The van der Waals surface area contributed by atoms with Gasteiger partial charge in [0.1, 0.15) is 0 Å². The van der Waals surface area contributed by atoms with Crippen LogP contribution in [0.2, 0.25) is 0 Å². The van der Waals surface area contributed by atoms with Crippen LogP contribution in [0.25, 0.3) is 0 Å². The predicted octanol–water partition coefficient (Wildman–Crippen LogP) is 2.37. The van der Waals surface area contributed by atoms with E-state index in [4.69, 9.17) is 0 Å². The van der Waals surface area contributed by atoms with Crippen molar-refractivity contribution in [2.45, 2.75) is 44.9 Å². The number of hydrogen-bond donors (Lipinski definition) is 1. The second-order valence-corrected chi connectivity index (χ2v) is 8.02. The highest BCUT2D eigenvalue weighted by molar-refractivity contribution is 7.14. The number of hydrogen-bond acceptors (Lipinski definition) is 3. The zero-order chi connectivity index (χ0) is 15.2. The summed E-state index contributed by atoms with van der Waals surface area (Å²) in [5.74, 6) is 0.286. The fraction of sp³-hybridized carbons (Fsp3) is 0.647. The maximum atomic E-state index is 12.8. The van der Waals surface area contributed by atoms with Crippen LogP contribution in [-0.4, -0.2) is 36.3 Å². The number of amides is 2. The van der Waals surface area contributed by atoms with E-state index in [1.807, 2.05) is 4.90 Å². The molecule has 2 amide bonds. The molecule has 0 bridgehead atoms. The Bertz CT molecular complexity index is 601. The van der Waals surface area contributed by atoms with Gasteiger partial charge in [0, 0.05) is 24.5 Å². The summed E-state index contributed by atoms with van der Waals surface area (Å²) in [4.78, 5) is 29.2. The summed E-state index contributed by atoms with van der Waals surface area (Å²) < 4.78 is 0. The van der Waals surface area contributed by atoms with Gasteiger partial charge in [-0.15, -0.1) is 11.3 Å². The number of rotatable bonds is 1. The highest BCUT2D eigenvalue weighted by Crippen LogP contribution is 2.39. The SMILES string of the molecule is O=C(c1cc2c(s1)CCCC2)N1CCC2(CCCNC2=O)C1. The molecule has 5 heteroatoms. The minimum Gasteiger partial charge on any atom is -0.356 e. The van der Waals surface area contributed by atoms with Crippen molar-refractivity contribution in [1.82, 2.24) is 10.2 Å². The number of carbonyl (C=O) groups is 2. The van der Waals surface area contributed by atoms with Crippen LogP contribution in [0.4, 0.5) is 0 Å². The molecule has 1 aromatic rings. The molecule has 0 saturated carbocycles. The van der Waals surface area contributed by atoms with E-state index in [-0.39, 0.29) is 17.2 Å². The van der Waals surface area contributed by atoms with Gasteiger partial charge in [-0.3, -0.25) is 9.59 Å². The van der Waals surface area contributed by atoms with E-state index < -0.39 is 0 Å². The molecule has 1 aromatic heterocycles. The summed E-state index contributed by atoms with van der Waals surface area (Å²) in [5, 5.41) is 2.98. The normalized spacial score (nSPS) is 27.8. The molecule has 118 valence electrons. The lowest BCUT2D eigenvalue weighted by Gasteiger charge is -2.32. The smallest absolute Gasteiger partial charge is 0.263 e. The summed E-state index contributed by atoms with van der Waals surface area (Å²) in [6.07, 6.45) is 7.49. The van der Waals surface area contributed by atoms with Crippen molar-refractivity contribution in [2.75, 3.05) is 19.6 Å². The van der Waals surface area contributed by atoms with Crippen molar-refractivity contribution in [3.05, 3.63) is 21.4 Å². The van der Waals surface area contributed by atoms with Crippen molar-refractivity contribution >= 4 is 23.2 Å². The summed E-state index contributed by atoms with van der Waals surface area (Å²) in [5.41, 5.74) is 1.06. The zero-order valence-electron chi connectivity index (χ0n) is 12.8.